The molecule has 0 spiro atoms. The van der Waals surface area contributed by atoms with E-state index in [1.54, 1.807) is 0 Å². The number of alkyl halides is 1. The van der Waals surface area contributed by atoms with Crippen LogP contribution in [0.1, 0.15) is 11.1 Å². The van der Waals surface area contributed by atoms with Gasteiger partial charge >= 0.3 is 0 Å². The van der Waals surface area contributed by atoms with Crippen LogP contribution in [0.3, 0.4) is 0 Å². The van der Waals surface area contributed by atoms with Crippen LogP contribution in [0, 0.1) is 6.92 Å². The molecule has 66 valence electrons. The van der Waals surface area contributed by atoms with Crippen LogP contribution in [-0.4, -0.2) is 13.3 Å². The van der Waals surface area contributed by atoms with Crippen molar-refractivity contribution in [1.29, 1.82) is 0 Å². The minimum atomic E-state index is -0.411. The summed E-state index contributed by atoms with van der Waals surface area (Å²) in [4.78, 5) is 0. The highest BCUT2D eigenvalue weighted by Gasteiger charge is 1.95. The Kier molecular flexibility index (Phi) is 3.74. The minimum absolute atomic E-state index is 0.189. The summed E-state index contributed by atoms with van der Waals surface area (Å²) in [7, 11) is 0. The van der Waals surface area contributed by atoms with Crippen LogP contribution in [-0.2, 0) is 11.3 Å². The first-order valence-electron chi connectivity index (χ1n) is 4.03. The molecule has 0 bridgehead atoms. The first kappa shape index (κ1) is 9.20. The summed E-state index contributed by atoms with van der Waals surface area (Å²) in [6, 6.07) is 7.96. The largest absolute Gasteiger partial charge is 0.374 e. The molecule has 0 radical (unpaired) electrons. The molecule has 0 saturated carbocycles. The molecule has 1 aromatic carbocycles. The first-order chi connectivity index (χ1) is 5.84. The monoisotopic (exact) mass is 168 g/mol. The van der Waals surface area contributed by atoms with E-state index in [0.29, 0.717) is 6.61 Å². The highest BCUT2D eigenvalue weighted by Crippen LogP contribution is 2.07. The number of hydrogen-bond donors (Lipinski definition) is 0. The summed E-state index contributed by atoms with van der Waals surface area (Å²) in [5.41, 5.74) is 2.32. The van der Waals surface area contributed by atoms with Gasteiger partial charge in [-0.25, -0.2) is 4.39 Å². The fourth-order valence-electron chi connectivity index (χ4n) is 1.01. The van der Waals surface area contributed by atoms with Crippen molar-refractivity contribution >= 4 is 0 Å². The Morgan fingerprint density at radius 1 is 1.33 bits per heavy atom. The van der Waals surface area contributed by atoms with Gasteiger partial charge in [0.25, 0.3) is 0 Å². The molecule has 0 saturated heterocycles. The van der Waals surface area contributed by atoms with Crippen molar-refractivity contribution in [3.05, 3.63) is 35.4 Å². The van der Waals surface area contributed by atoms with E-state index in [-0.39, 0.29) is 6.61 Å². The molecule has 0 atom stereocenters. The zero-order valence-electron chi connectivity index (χ0n) is 7.22. The lowest BCUT2D eigenvalue weighted by molar-refractivity contribution is 0.106. The highest BCUT2D eigenvalue weighted by molar-refractivity contribution is 5.24. The van der Waals surface area contributed by atoms with Crippen LogP contribution >= 0.6 is 0 Å². The van der Waals surface area contributed by atoms with Crippen molar-refractivity contribution in [3.8, 4) is 0 Å². The lowest BCUT2D eigenvalue weighted by Crippen LogP contribution is -1.98. The van der Waals surface area contributed by atoms with Gasteiger partial charge in [-0.05, 0) is 18.1 Å². The Hall–Kier alpha value is -0.890. The third kappa shape index (κ3) is 2.62. The average molecular weight is 168 g/mol. The SMILES string of the molecule is Cc1ccccc1COCCF. The second kappa shape index (κ2) is 4.88. The number of rotatable bonds is 4. The Morgan fingerprint density at radius 3 is 2.75 bits per heavy atom. The van der Waals surface area contributed by atoms with E-state index in [9.17, 15) is 4.39 Å². The summed E-state index contributed by atoms with van der Waals surface area (Å²) in [6.07, 6.45) is 0. The summed E-state index contributed by atoms with van der Waals surface area (Å²) in [6.45, 7) is 2.31. The standard InChI is InChI=1S/C10H13FO/c1-9-4-2-3-5-10(9)8-12-7-6-11/h2-5H,6-8H2,1H3. The van der Waals surface area contributed by atoms with Crippen LogP contribution in [0.4, 0.5) is 4.39 Å². The van der Waals surface area contributed by atoms with Crippen molar-refractivity contribution in [2.75, 3.05) is 13.3 Å². The molecule has 0 aromatic heterocycles. The molecule has 0 aliphatic rings. The maximum absolute atomic E-state index is 11.7. The van der Waals surface area contributed by atoms with Crippen LogP contribution in [0.25, 0.3) is 0 Å². The molecular formula is C10H13FO. The van der Waals surface area contributed by atoms with Crippen LogP contribution in [0.5, 0.6) is 0 Å². The fraction of sp³-hybridized carbons (Fsp3) is 0.400. The van der Waals surface area contributed by atoms with Gasteiger partial charge in [-0.15, -0.1) is 0 Å². The summed E-state index contributed by atoms with van der Waals surface area (Å²) in [5.74, 6) is 0. The molecule has 0 fully saturated rings. The van der Waals surface area contributed by atoms with Gasteiger partial charge in [0.15, 0.2) is 0 Å². The molecule has 0 N–H and O–H groups in total. The van der Waals surface area contributed by atoms with E-state index < -0.39 is 6.67 Å². The molecule has 1 aromatic rings. The lowest BCUT2D eigenvalue weighted by Gasteiger charge is -2.04. The zero-order valence-corrected chi connectivity index (χ0v) is 7.22. The maximum Gasteiger partial charge on any atom is 0.113 e. The summed E-state index contributed by atoms with van der Waals surface area (Å²) < 4.78 is 16.7. The van der Waals surface area contributed by atoms with Gasteiger partial charge in [-0.2, -0.15) is 0 Å². The molecule has 0 heterocycles. The Balaban J connectivity index is 2.46. The van der Waals surface area contributed by atoms with Gasteiger partial charge in [0.2, 0.25) is 0 Å². The lowest BCUT2D eigenvalue weighted by atomic mass is 10.1. The predicted octanol–water partition coefficient (Wildman–Crippen LogP) is 2.48. The van der Waals surface area contributed by atoms with Gasteiger partial charge in [0.1, 0.15) is 6.67 Å². The zero-order chi connectivity index (χ0) is 8.81. The Bertz CT molecular complexity index is 235. The topological polar surface area (TPSA) is 9.23 Å². The van der Waals surface area contributed by atoms with Gasteiger partial charge in [0.05, 0.1) is 13.2 Å². The molecule has 1 rings (SSSR count). The second-order valence-corrected chi connectivity index (χ2v) is 2.67. The second-order valence-electron chi connectivity index (χ2n) is 2.67. The van der Waals surface area contributed by atoms with Crippen LogP contribution in [0.15, 0.2) is 24.3 Å². The number of hydrogen-bond acceptors (Lipinski definition) is 1. The summed E-state index contributed by atoms with van der Waals surface area (Å²) in [5, 5.41) is 0. The highest BCUT2D eigenvalue weighted by atomic mass is 19.1. The van der Waals surface area contributed by atoms with E-state index in [4.69, 9.17) is 4.74 Å². The normalized spacial score (nSPS) is 10.2. The van der Waals surface area contributed by atoms with Crippen molar-refractivity contribution in [2.24, 2.45) is 0 Å². The van der Waals surface area contributed by atoms with E-state index >= 15 is 0 Å². The van der Waals surface area contributed by atoms with Gasteiger partial charge in [0, 0.05) is 0 Å². The van der Waals surface area contributed by atoms with Crippen molar-refractivity contribution in [2.45, 2.75) is 13.5 Å². The van der Waals surface area contributed by atoms with Crippen molar-refractivity contribution in [3.63, 3.8) is 0 Å². The van der Waals surface area contributed by atoms with Crippen molar-refractivity contribution < 1.29 is 9.13 Å². The smallest absolute Gasteiger partial charge is 0.113 e. The van der Waals surface area contributed by atoms with E-state index in [1.165, 1.54) is 5.56 Å². The Labute approximate surface area is 72.2 Å². The maximum atomic E-state index is 11.7. The molecule has 0 unspecified atom stereocenters. The predicted molar refractivity (Wildman–Crippen MR) is 46.8 cm³/mol. The quantitative estimate of drug-likeness (QED) is 0.627. The number of aryl methyl sites for hydroxylation is 1. The van der Waals surface area contributed by atoms with E-state index in [0.717, 1.165) is 5.56 Å². The minimum Gasteiger partial charge on any atom is -0.374 e. The Morgan fingerprint density at radius 2 is 2.08 bits per heavy atom. The molecular weight excluding hydrogens is 155 g/mol. The molecule has 0 amide bonds. The summed E-state index contributed by atoms with van der Waals surface area (Å²) >= 11 is 0. The number of ether oxygens (including phenoxy) is 1. The van der Waals surface area contributed by atoms with Crippen LogP contribution in [0.2, 0.25) is 0 Å². The number of halogens is 1. The van der Waals surface area contributed by atoms with Gasteiger partial charge < -0.3 is 4.74 Å². The van der Waals surface area contributed by atoms with Gasteiger partial charge in [-0.1, -0.05) is 24.3 Å². The van der Waals surface area contributed by atoms with Gasteiger partial charge in [-0.3, -0.25) is 0 Å². The molecule has 2 heteroatoms. The van der Waals surface area contributed by atoms with E-state index in [2.05, 4.69) is 0 Å². The van der Waals surface area contributed by atoms with Crippen molar-refractivity contribution in [1.82, 2.24) is 0 Å². The van der Waals surface area contributed by atoms with E-state index in [1.807, 2.05) is 31.2 Å². The average Bonchev–Trinajstić information content (AvgIpc) is 2.09. The molecule has 0 aliphatic heterocycles. The fourth-order valence-corrected chi connectivity index (χ4v) is 1.01. The van der Waals surface area contributed by atoms with Crippen LogP contribution < -0.4 is 0 Å². The molecule has 12 heavy (non-hydrogen) atoms. The number of benzene rings is 1. The molecule has 0 aliphatic carbocycles. The third-order valence-electron chi connectivity index (χ3n) is 1.74. The third-order valence-corrected chi connectivity index (χ3v) is 1.74. The molecule has 1 nitrogen and oxygen atoms in total. The first-order valence-corrected chi connectivity index (χ1v) is 4.03.